The zero-order valence-corrected chi connectivity index (χ0v) is 18.3. The van der Waals surface area contributed by atoms with E-state index in [4.69, 9.17) is 9.15 Å². The van der Waals surface area contributed by atoms with Gasteiger partial charge in [-0.15, -0.1) is 10.2 Å². The fourth-order valence-electron chi connectivity index (χ4n) is 3.30. The second-order valence-corrected chi connectivity index (χ2v) is 8.16. The number of nitrogens with zero attached hydrogens (tertiary/aromatic N) is 3. The lowest BCUT2D eigenvalue weighted by atomic mass is 10.1. The van der Waals surface area contributed by atoms with Crippen LogP contribution < -0.4 is 4.74 Å². The van der Waals surface area contributed by atoms with E-state index in [0.29, 0.717) is 24.1 Å². The summed E-state index contributed by atoms with van der Waals surface area (Å²) < 4.78 is 12.8. The molecule has 31 heavy (non-hydrogen) atoms. The van der Waals surface area contributed by atoms with Crippen LogP contribution >= 0.6 is 15.9 Å². The first-order valence-electron chi connectivity index (χ1n) is 9.83. The van der Waals surface area contributed by atoms with E-state index in [1.54, 1.807) is 0 Å². The largest absolute Gasteiger partial charge is 0.489 e. The van der Waals surface area contributed by atoms with Gasteiger partial charge in [0.2, 0.25) is 5.89 Å². The number of halogens is 1. The fraction of sp³-hybridized carbons (Fsp3) is 0.0800. The van der Waals surface area contributed by atoms with Crippen molar-refractivity contribution in [2.24, 2.45) is 0 Å². The molecule has 0 spiro atoms. The van der Waals surface area contributed by atoms with Crippen molar-refractivity contribution in [1.29, 1.82) is 0 Å². The Labute approximate surface area is 187 Å². The molecule has 152 valence electrons. The highest BCUT2D eigenvalue weighted by molar-refractivity contribution is 9.10. The molecular formula is C25H18BrN3O2. The zero-order chi connectivity index (χ0) is 21.2. The lowest BCUT2D eigenvalue weighted by Gasteiger charge is -2.07. The van der Waals surface area contributed by atoms with Crippen molar-refractivity contribution in [3.63, 3.8) is 0 Å². The molecule has 0 aliphatic rings. The number of aromatic nitrogens is 3. The van der Waals surface area contributed by atoms with E-state index in [1.807, 2.05) is 72.8 Å². The lowest BCUT2D eigenvalue weighted by Crippen LogP contribution is -1.95. The monoisotopic (exact) mass is 471 g/mol. The van der Waals surface area contributed by atoms with Gasteiger partial charge in [-0.05, 0) is 67.1 Å². The molecule has 0 saturated carbocycles. The Morgan fingerprint density at radius 1 is 0.871 bits per heavy atom. The summed E-state index contributed by atoms with van der Waals surface area (Å²) in [6.45, 7) is 2.51. The Morgan fingerprint density at radius 3 is 2.58 bits per heavy atom. The quantitative estimate of drug-likeness (QED) is 0.288. The van der Waals surface area contributed by atoms with Crippen LogP contribution in [0.2, 0.25) is 0 Å². The normalized spacial score (nSPS) is 11.0. The molecule has 5 rings (SSSR count). The number of hydrogen-bond acceptors (Lipinski definition) is 5. The Bertz CT molecular complexity index is 1360. The van der Waals surface area contributed by atoms with Gasteiger partial charge in [-0.2, -0.15) is 0 Å². The van der Waals surface area contributed by atoms with Crippen LogP contribution in [-0.2, 0) is 6.61 Å². The van der Waals surface area contributed by atoms with Crippen molar-refractivity contribution in [2.75, 3.05) is 0 Å². The Kier molecular flexibility index (Phi) is 5.22. The molecule has 5 aromatic rings. The van der Waals surface area contributed by atoms with Crippen LogP contribution in [0.4, 0.5) is 0 Å². The highest BCUT2D eigenvalue weighted by Crippen LogP contribution is 2.26. The van der Waals surface area contributed by atoms with Crippen LogP contribution in [0.3, 0.4) is 0 Å². The van der Waals surface area contributed by atoms with E-state index < -0.39 is 0 Å². The van der Waals surface area contributed by atoms with E-state index in [2.05, 4.69) is 44.1 Å². The van der Waals surface area contributed by atoms with Crippen molar-refractivity contribution in [3.05, 3.63) is 94.5 Å². The van der Waals surface area contributed by atoms with E-state index in [1.165, 1.54) is 5.56 Å². The van der Waals surface area contributed by atoms with Gasteiger partial charge in [-0.25, -0.2) is 4.98 Å². The van der Waals surface area contributed by atoms with Crippen molar-refractivity contribution < 1.29 is 9.15 Å². The minimum absolute atomic E-state index is 0.397. The predicted octanol–water partition coefficient (Wildman–Crippen LogP) is 6.60. The number of aryl methyl sites for hydroxylation is 1. The standard InChI is InChI=1S/C25H18BrN3O2/c1-16-5-11-22-18(13-16)6-12-23(27-22)25-29-28-24(31-25)19-4-2-3-17(14-19)15-30-21-9-7-20(26)8-10-21/h2-14H,15H2,1H3. The summed E-state index contributed by atoms with van der Waals surface area (Å²) in [6.07, 6.45) is 0. The molecule has 0 bridgehead atoms. The van der Waals surface area contributed by atoms with Gasteiger partial charge in [-0.3, -0.25) is 0 Å². The van der Waals surface area contributed by atoms with Crippen LogP contribution in [0.15, 0.2) is 87.8 Å². The van der Waals surface area contributed by atoms with Crippen molar-refractivity contribution in [2.45, 2.75) is 13.5 Å². The van der Waals surface area contributed by atoms with Crippen molar-refractivity contribution in [3.8, 4) is 28.8 Å². The summed E-state index contributed by atoms with van der Waals surface area (Å²) in [4.78, 5) is 4.66. The molecule has 3 aromatic carbocycles. The Balaban J connectivity index is 1.36. The summed E-state index contributed by atoms with van der Waals surface area (Å²) in [7, 11) is 0. The first-order valence-corrected chi connectivity index (χ1v) is 10.6. The SMILES string of the molecule is Cc1ccc2nc(-c3nnc(-c4cccc(COc5ccc(Br)cc5)c4)o3)ccc2c1. The van der Waals surface area contributed by atoms with E-state index >= 15 is 0 Å². The second-order valence-electron chi connectivity index (χ2n) is 7.25. The van der Waals surface area contributed by atoms with Gasteiger partial charge >= 0.3 is 0 Å². The molecule has 0 aliphatic heterocycles. The van der Waals surface area contributed by atoms with Gasteiger partial charge < -0.3 is 9.15 Å². The third kappa shape index (κ3) is 4.34. The summed E-state index contributed by atoms with van der Waals surface area (Å²) in [6, 6.07) is 25.7. The van der Waals surface area contributed by atoms with Crippen LogP contribution in [-0.4, -0.2) is 15.2 Å². The van der Waals surface area contributed by atoms with Crippen LogP contribution in [0.25, 0.3) is 33.9 Å². The first kappa shape index (κ1) is 19.5. The smallest absolute Gasteiger partial charge is 0.266 e. The molecule has 5 nitrogen and oxygen atoms in total. The molecule has 2 aromatic heterocycles. The molecule has 6 heteroatoms. The number of rotatable bonds is 5. The van der Waals surface area contributed by atoms with Crippen molar-refractivity contribution in [1.82, 2.24) is 15.2 Å². The van der Waals surface area contributed by atoms with Crippen LogP contribution in [0, 0.1) is 6.92 Å². The highest BCUT2D eigenvalue weighted by atomic mass is 79.9. The maximum Gasteiger partial charge on any atom is 0.266 e. The van der Waals surface area contributed by atoms with Gasteiger partial charge in [0.1, 0.15) is 18.1 Å². The van der Waals surface area contributed by atoms with Gasteiger partial charge in [0.05, 0.1) is 5.52 Å². The van der Waals surface area contributed by atoms with Gasteiger partial charge in [-0.1, -0.05) is 45.8 Å². The molecular weight excluding hydrogens is 454 g/mol. The third-order valence-corrected chi connectivity index (χ3v) is 5.41. The number of benzene rings is 3. The number of ether oxygens (including phenoxy) is 1. The molecule has 0 fully saturated rings. The summed E-state index contributed by atoms with van der Waals surface area (Å²) in [5.41, 5.74) is 4.61. The summed E-state index contributed by atoms with van der Waals surface area (Å²) in [5, 5.41) is 9.51. The van der Waals surface area contributed by atoms with Crippen molar-refractivity contribution >= 4 is 26.8 Å². The maximum absolute atomic E-state index is 5.93. The summed E-state index contributed by atoms with van der Waals surface area (Å²) in [5.74, 6) is 1.66. The molecule has 0 saturated heterocycles. The first-order chi connectivity index (χ1) is 15.1. The average molecular weight is 472 g/mol. The second kappa shape index (κ2) is 8.32. The van der Waals surface area contributed by atoms with Gasteiger partial charge in [0.15, 0.2) is 0 Å². The fourth-order valence-corrected chi connectivity index (χ4v) is 3.56. The van der Waals surface area contributed by atoms with E-state index in [-0.39, 0.29) is 0 Å². The molecule has 0 unspecified atom stereocenters. The van der Waals surface area contributed by atoms with Crippen LogP contribution in [0.5, 0.6) is 5.75 Å². The lowest BCUT2D eigenvalue weighted by molar-refractivity contribution is 0.306. The molecule has 0 aliphatic carbocycles. The average Bonchev–Trinajstić information content (AvgIpc) is 3.29. The minimum Gasteiger partial charge on any atom is -0.489 e. The zero-order valence-electron chi connectivity index (χ0n) is 16.7. The molecule has 0 amide bonds. The van der Waals surface area contributed by atoms with Gasteiger partial charge in [0, 0.05) is 15.4 Å². The van der Waals surface area contributed by atoms with E-state index in [0.717, 1.165) is 32.3 Å². The number of hydrogen-bond donors (Lipinski definition) is 0. The maximum atomic E-state index is 5.93. The molecule has 2 heterocycles. The molecule has 0 N–H and O–H groups in total. The Hall–Kier alpha value is -3.51. The minimum atomic E-state index is 0.397. The predicted molar refractivity (Wildman–Crippen MR) is 124 cm³/mol. The van der Waals surface area contributed by atoms with Gasteiger partial charge in [0.25, 0.3) is 5.89 Å². The molecule has 0 atom stereocenters. The van der Waals surface area contributed by atoms with Crippen LogP contribution in [0.1, 0.15) is 11.1 Å². The number of fused-ring (bicyclic) bond motifs is 1. The highest BCUT2D eigenvalue weighted by Gasteiger charge is 2.13. The Morgan fingerprint density at radius 2 is 1.71 bits per heavy atom. The molecule has 0 radical (unpaired) electrons. The topological polar surface area (TPSA) is 61.0 Å². The summed E-state index contributed by atoms with van der Waals surface area (Å²) >= 11 is 3.43. The number of pyridine rings is 1. The van der Waals surface area contributed by atoms with E-state index in [9.17, 15) is 0 Å². The third-order valence-electron chi connectivity index (χ3n) is 4.88.